The van der Waals surface area contributed by atoms with Crippen LogP contribution in [0.3, 0.4) is 0 Å². The first-order chi connectivity index (χ1) is 9.54. The lowest BCUT2D eigenvalue weighted by molar-refractivity contribution is 0.0953. The number of carbonyl (C=O) groups excluding carboxylic acids is 2. The van der Waals surface area contributed by atoms with Crippen LogP contribution in [0.4, 0.5) is 9.18 Å². The van der Waals surface area contributed by atoms with E-state index < -0.39 is 17.8 Å². The third kappa shape index (κ3) is 4.96. The Morgan fingerprint density at radius 3 is 2.55 bits per heavy atom. The van der Waals surface area contributed by atoms with Crippen molar-refractivity contribution in [2.24, 2.45) is 11.5 Å². The van der Waals surface area contributed by atoms with Gasteiger partial charge in [0.1, 0.15) is 5.82 Å². The van der Waals surface area contributed by atoms with Crippen molar-refractivity contribution >= 4 is 11.9 Å². The molecule has 0 atom stereocenters. The second-order valence-electron chi connectivity index (χ2n) is 3.75. The molecule has 0 radical (unpaired) electrons. The van der Waals surface area contributed by atoms with Crippen LogP contribution in [0.1, 0.15) is 15.9 Å². The number of amides is 3. The summed E-state index contributed by atoms with van der Waals surface area (Å²) in [6.07, 6.45) is 0. The van der Waals surface area contributed by atoms with E-state index in [1.807, 2.05) is 0 Å². The predicted octanol–water partition coefficient (Wildman–Crippen LogP) is -0.466. The molecule has 20 heavy (non-hydrogen) atoms. The summed E-state index contributed by atoms with van der Waals surface area (Å²) in [5.41, 5.74) is 10.4. The summed E-state index contributed by atoms with van der Waals surface area (Å²) in [6.45, 7) is 0.524. The average Bonchev–Trinajstić information content (AvgIpc) is 2.41. The van der Waals surface area contributed by atoms with E-state index in [4.69, 9.17) is 11.5 Å². The van der Waals surface area contributed by atoms with Gasteiger partial charge in [0.25, 0.3) is 5.91 Å². The van der Waals surface area contributed by atoms with Gasteiger partial charge in [0.05, 0.1) is 12.1 Å². The number of benzene rings is 1. The second kappa shape index (κ2) is 7.76. The van der Waals surface area contributed by atoms with Gasteiger partial charge in [-0.25, -0.2) is 9.18 Å². The maximum absolute atomic E-state index is 13.6. The molecule has 0 aliphatic rings. The molecule has 6 N–H and O–H groups in total. The van der Waals surface area contributed by atoms with E-state index in [-0.39, 0.29) is 30.8 Å². The molecule has 0 aliphatic carbocycles. The van der Waals surface area contributed by atoms with E-state index in [0.29, 0.717) is 0 Å². The van der Waals surface area contributed by atoms with Gasteiger partial charge >= 0.3 is 6.03 Å². The van der Waals surface area contributed by atoms with Gasteiger partial charge in [-0.1, -0.05) is 11.8 Å². The minimum absolute atomic E-state index is 0.133. The summed E-state index contributed by atoms with van der Waals surface area (Å²) < 4.78 is 13.6. The van der Waals surface area contributed by atoms with Crippen LogP contribution < -0.4 is 22.1 Å². The predicted molar refractivity (Wildman–Crippen MR) is 72.3 cm³/mol. The number of hydrogen-bond acceptors (Lipinski definition) is 3. The Labute approximate surface area is 115 Å². The first kappa shape index (κ1) is 15.5. The molecular weight excluding hydrogens is 263 g/mol. The van der Waals surface area contributed by atoms with Crippen molar-refractivity contribution in [1.82, 2.24) is 10.6 Å². The number of halogens is 1. The molecule has 0 heterocycles. The zero-order chi connectivity index (χ0) is 15.0. The quantitative estimate of drug-likeness (QED) is 0.441. The number of hydrogen-bond donors (Lipinski definition) is 4. The molecule has 7 heteroatoms. The van der Waals surface area contributed by atoms with Crippen LogP contribution in [-0.2, 0) is 0 Å². The van der Waals surface area contributed by atoms with Gasteiger partial charge in [-0.3, -0.25) is 4.79 Å². The molecule has 0 spiro atoms. The highest BCUT2D eigenvalue weighted by Gasteiger charge is 2.08. The highest BCUT2D eigenvalue weighted by atomic mass is 19.1. The Kier molecular flexibility index (Phi) is 6.00. The Bertz CT molecular complexity index is 563. The lowest BCUT2D eigenvalue weighted by Crippen LogP contribution is -2.37. The standard InChI is InChI=1S/C13H15FN4O2/c14-11-8-10(4-3-9(11)2-1-5-15)12(19)17-6-7-18-13(16)20/h3-4,8H,5-7,15H2,(H,17,19)(H3,16,18,20). The maximum Gasteiger partial charge on any atom is 0.312 e. The van der Waals surface area contributed by atoms with Gasteiger partial charge in [0, 0.05) is 18.7 Å². The topological polar surface area (TPSA) is 110 Å². The monoisotopic (exact) mass is 278 g/mol. The highest BCUT2D eigenvalue weighted by Crippen LogP contribution is 2.09. The Hall–Kier alpha value is -2.59. The van der Waals surface area contributed by atoms with E-state index in [2.05, 4.69) is 22.5 Å². The van der Waals surface area contributed by atoms with E-state index in [9.17, 15) is 14.0 Å². The minimum Gasteiger partial charge on any atom is -0.352 e. The van der Waals surface area contributed by atoms with Crippen molar-refractivity contribution in [3.63, 3.8) is 0 Å². The largest absolute Gasteiger partial charge is 0.352 e. The van der Waals surface area contributed by atoms with Crippen LogP contribution in [0.2, 0.25) is 0 Å². The zero-order valence-corrected chi connectivity index (χ0v) is 10.7. The molecule has 1 aromatic rings. The number of rotatable bonds is 4. The van der Waals surface area contributed by atoms with Crippen LogP contribution in [0.15, 0.2) is 18.2 Å². The number of carbonyl (C=O) groups is 2. The second-order valence-corrected chi connectivity index (χ2v) is 3.75. The molecule has 0 aromatic heterocycles. The minimum atomic E-state index is -0.673. The smallest absolute Gasteiger partial charge is 0.312 e. The zero-order valence-electron chi connectivity index (χ0n) is 10.7. The van der Waals surface area contributed by atoms with E-state index >= 15 is 0 Å². The molecule has 1 aromatic carbocycles. The molecule has 0 unspecified atom stereocenters. The fraction of sp³-hybridized carbons (Fsp3) is 0.231. The van der Waals surface area contributed by atoms with Crippen LogP contribution in [0.5, 0.6) is 0 Å². The summed E-state index contributed by atoms with van der Waals surface area (Å²) in [7, 11) is 0. The van der Waals surface area contributed by atoms with Gasteiger partial charge in [-0.15, -0.1) is 0 Å². The van der Waals surface area contributed by atoms with E-state index in [1.54, 1.807) is 0 Å². The summed E-state index contributed by atoms with van der Waals surface area (Å²) in [5.74, 6) is 4.05. The van der Waals surface area contributed by atoms with Crippen LogP contribution >= 0.6 is 0 Å². The molecule has 0 fully saturated rings. The Morgan fingerprint density at radius 2 is 1.95 bits per heavy atom. The van der Waals surface area contributed by atoms with Crippen molar-refractivity contribution in [3.8, 4) is 11.8 Å². The first-order valence-corrected chi connectivity index (χ1v) is 5.84. The molecule has 106 valence electrons. The Morgan fingerprint density at radius 1 is 1.25 bits per heavy atom. The molecule has 1 rings (SSSR count). The molecule has 0 bridgehead atoms. The summed E-state index contributed by atoms with van der Waals surface area (Å²) in [4.78, 5) is 22.1. The van der Waals surface area contributed by atoms with Gasteiger partial charge in [-0.05, 0) is 18.2 Å². The number of nitrogens with two attached hydrogens (primary N) is 2. The molecule has 0 saturated heterocycles. The number of nitrogens with one attached hydrogen (secondary N) is 2. The van der Waals surface area contributed by atoms with Crippen LogP contribution in [0, 0.1) is 17.7 Å². The molecule has 0 saturated carbocycles. The first-order valence-electron chi connectivity index (χ1n) is 5.84. The molecule has 0 aliphatic heterocycles. The van der Waals surface area contributed by atoms with Crippen LogP contribution in [-0.4, -0.2) is 31.6 Å². The van der Waals surface area contributed by atoms with Crippen molar-refractivity contribution in [2.75, 3.05) is 19.6 Å². The van der Waals surface area contributed by atoms with Crippen molar-refractivity contribution < 1.29 is 14.0 Å². The maximum atomic E-state index is 13.6. The summed E-state index contributed by atoms with van der Waals surface area (Å²) >= 11 is 0. The van der Waals surface area contributed by atoms with E-state index in [1.165, 1.54) is 12.1 Å². The van der Waals surface area contributed by atoms with Crippen molar-refractivity contribution in [1.29, 1.82) is 0 Å². The lowest BCUT2D eigenvalue weighted by Gasteiger charge is -2.06. The summed E-state index contributed by atoms with van der Waals surface area (Å²) in [5, 5.41) is 4.83. The van der Waals surface area contributed by atoms with E-state index in [0.717, 1.165) is 6.07 Å². The SMILES string of the molecule is NCC#Cc1ccc(C(=O)NCCNC(N)=O)cc1F. The lowest BCUT2D eigenvalue weighted by atomic mass is 10.1. The van der Waals surface area contributed by atoms with Crippen molar-refractivity contribution in [3.05, 3.63) is 35.1 Å². The third-order valence-electron chi connectivity index (χ3n) is 2.27. The normalized spacial score (nSPS) is 9.30. The van der Waals surface area contributed by atoms with Crippen LogP contribution in [0.25, 0.3) is 0 Å². The summed E-state index contributed by atoms with van der Waals surface area (Å²) in [6, 6.07) is 3.29. The molecular formula is C13H15FN4O2. The molecule has 3 amide bonds. The van der Waals surface area contributed by atoms with Gasteiger partial charge < -0.3 is 22.1 Å². The fourth-order valence-electron chi connectivity index (χ4n) is 1.37. The van der Waals surface area contributed by atoms with Gasteiger partial charge in [0.15, 0.2) is 0 Å². The molecule has 6 nitrogen and oxygen atoms in total. The highest BCUT2D eigenvalue weighted by molar-refractivity contribution is 5.94. The van der Waals surface area contributed by atoms with Gasteiger partial charge in [0.2, 0.25) is 0 Å². The van der Waals surface area contributed by atoms with Crippen molar-refractivity contribution in [2.45, 2.75) is 0 Å². The third-order valence-corrected chi connectivity index (χ3v) is 2.27. The van der Waals surface area contributed by atoms with Gasteiger partial charge in [-0.2, -0.15) is 0 Å². The average molecular weight is 278 g/mol. The number of primary amides is 1. The fourth-order valence-corrected chi connectivity index (χ4v) is 1.37. The number of urea groups is 1. The Balaban J connectivity index is 2.61.